The minimum Gasteiger partial charge on any atom is -0.448 e. The van der Waals surface area contributed by atoms with Crippen molar-refractivity contribution in [1.29, 1.82) is 5.26 Å². The second kappa shape index (κ2) is 10.6. The second-order valence-corrected chi connectivity index (χ2v) is 12.1. The fourth-order valence-corrected chi connectivity index (χ4v) is 6.99. The third-order valence-electron chi connectivity index (χ3n) is 8.32. The molecular formula is C28H33ClN4O4S. The molecule has 1 saturated carbocycles. The highest BCUT2D eigenvalue weighted by atomic mass is 35.5. The maximum Gasteiger partial charge on any atom is 0.255 e. The van der Waals surface area contributed by atoms with Gasteiger partial charge in [-0.2, -0.15) is 5.26 Å². The van der Waals surface area contributed by atoms with Crippen LogP contribution < -0.4 is 14.8 Å². The molecule has 1 aromatic rings. The van der Waals surface area contributed by atoms with Crippen molar-refractivity contribution in [2.45, 2.75) is 58.3 Å². The normalized spacial score (nSPS) is 29.3. The predicted octanol–water partition coefficient (Wildman–Crippen LogP) is 4.74. The fourth-order valence-electron chi connectivity index (χ4n) is 6.00. The summed E-state index contributed by atoms with van der Waals surface area (Å²) in [6.45, 7) is 7.47. The van der Waals surface area contributed by atoms with Gasteiger partial charge >= 0.3 is 0 Å². The Labute approximate surface area is 232 Å². The van der Waals surface area contributed by atoms with Crippen molar-refractivity contribution in [1.82, 2.24) is 10.2 Å². The Hall–Kier alpha value is -2.54. The SMILES string of the molecule is CSC1=CC(C)=NC(=O)C1CNC(=O)c1cc(Cl)c2c(c1C)OC(C)(C1CCC(N3CC(C#N)C3)CC1)O2. The van der Waals surface area contributed by atoms with E-state index in [4.69, 9.17) is 26.3 Å². The van der Waals surface area contributed by atoms with E-state index in [1.165, 1.54) is 11.8 Å². The number of allylic oxidation sites excluding steroid dienone is 1. The molecule has 1 N–H and O–H groups in total. The van der Waals surface area contributed by atoms with Gasteiger partial charge in [-0.05, 0) is 57.9 Å². The van der Waals surface area contributed by atoms with Gasteiger partial charge in [0.25, 0.3) is 17.6 Å². The van der Waals surface area contributed by atoms with Crippen molar-refractivity contribution in [2.24, 2.45) is 22.7 Å². The molecule has 2 unspecified atom stereocenters. The zero-order valence-corrected chi connectivity index (χ0v) is 23.7. The van der Waals surface area contributed by atoms with E-state index in [0.29, 0.717) is 39.4 Å². The molecule has 1 aliphatic carbocycles. The van der Waals surface area contributed by atoms with Crippen LogP contribution in [0.4, 0.5) is 0 Å². The maximum atomic E-state index is 13.2. The van der Waals surface area contributed by atoms with Crippen molar-refractivity contribution >= 4 is 40.9 Å². The number of hydrogen-bond donors (Lipinski definition) is 1. The Bertz CT molecular complexity index is 1260. The maximum absolute atomic E-state index is 13.2. The van der Waals surface area contributed by atoms with E-state index >= 15 is 0 Å². The van der Waals surface area contributed by atoms with Gasteiger partial charge in [0.15, 0.2) is 11.5 Å². The Morgan fingerprint density at radius 2 is 1.95 bits per heavy atom. The second-order valence-electron chi connectivity index (χ2n) is 10.8. The summed E-state index contributed by atoms with van der Waals surface area (Å²) in [6, 6.07) is 4.47. The first-order valence-corrected chi connectivity index (χ1v) is 14.7. The Balaban J connectivity index is 1.25. The summed E-state index contributed by atoms with van der Waals surface area (Å²) in [5.41, 5.74) is 1.73. The van der Waals surface area contributed by atoms with E-state index in [-0.39, 0.29) is 30.2 Å². The van der Waals surface area contributed by atoms with Gasteiger partial charge in [-0.3, -0.25) is 14.5 Å². The molecule has 10 heteroatoms. The average Bonchev–Trinajstić information content (AvgIpc) is 3.24. The van der Waals surface area contributed by atoms with E-state index in [2.05, 4.69) is 21.3 Å². The largest absolute Gasteiger partial charge is 0.448 e. The molecule has 0 aromatic heterocycles. The highest BCUT2D eigenvalue weighted by Gasteiger charge is 2.48. The zero-order valence-electron chi connectivity index (χ0n) is 22.2. The number of fused-ring (bicyclic) bond motifs is 1. The molecule has 202 valence electrons. The van der Waals surface area contributed by atoms with Crippen LogP contribution >= 0.6 is 23.4 Å². The molecule has 3 aliphatic heterocycles. The van der Waals surface area contributed by atoms with E-state index in [1.807, 2.05) is 26.2 Å². The number of benzene rings is 1. The minimum atomic E-state index is -0.858. The van der Waals surface area contributed by atoms with Crippen LogP contribution in [0.3, 0.4) is 0 Å². The van der Waals surface area contributed by atoms with Crippen molar-refractivity contribution in [3.8, 4) is 17.6 Å². The first-order chi connectivity index (χ1) is 18.1. The molecule has 4 aliphatic rings. The molecule has 2 fully saturated rings. The summed E-state index contributed by atoms with van der Waals surface area (Å²) >= 11 is 8.09. The van der Waals surface area contributed by atoms with Gasteiger partial charge in [-0.15, -0.1) is 11.8 Å². The lowest BCUT2D eigenvalue weighted by Gasteiger charge is -2.45. The summed E-state index contributed by atoms with van der Waals surface area (Å²) in [5.74, 6) is -0.594. The number of rotatable bonds is 6. The summed E-state index contributed by atoms with van der Waals surface area (Å²) in [6.07, 6.45) is 7.78. The number of nitrogens with one attached hydrogen (secondary N) is 1. The van der Waals surface area contributed by atoms with Crippen LogP contribution in [-0.4, -0.2) is 60.1 Å². The number of thioether (sulfide) groups is 1. The molecule has 1 aromatic carbocycles. The molecule has 5 rings (SSSR count). The first-order valence-electron chi connectivity index (χ1n) is 13.1. The molecule has 1 saturated heterocycles. The summed E-state index contributed by atoms with van der Waals surface area (Å²) < 4.78 is 12.8. The number of nitriles is 1. The van der Waals surface area contributed by atoms with Gasteiger partial charge < -0.3 is 14.8 Å². The lowest BCUT2D eigenvalue weighted by Crippen LogP contribution is -2.54. The van der Waals surface area contributed by atoms with Crippen LogP contribution in [0.5, 0.6) is 11.5 Å². The molecule has 8 nitrogen and oxygen atoms in total. The lowest BCUT2D eigenvalue weighted by atomic mass is 9.79. The molecule has 38 heavy (non-hydrogen) atoms. The van der Waals surface area contributed by atoms with Gasteiger partial charge in [0, 0.05) is 60.3 Å². The monoisotopic (exact) mass is 556 g/mol. The molecular weight excluding hydrogens is 524 g/mol. The number of nitrogens with zero attached hydrogens (tertiary/aromatic N) is 3. The number of hydrogen-bond acceptors (Lipinski definition) is 7. The Kier molecular flexibility index (Phi) is 7.51. The number of ether oxygens (including phenoxy) is 2. The van der Waals surface area contributed by atoms with Crippen molar-refractivity contribution in [3.05, 3.63) is 33.2 Å². The quantitative estimate of drug-likeness (QED) is 0.539. The average molecular weight is 557 g/mol. The number of carbonyl (C=O) groups excluding carboxylic acids is 2. The van der Waals surface area contributed by atoms with E-state index in [9.17, 15) is 9.59 Å². The summed E-state index contributed by atoms with van der Waals surface area (Å²) in [4.78, 5) is 33.0. The topological polar surface area (TPSA) is 104 Å². The van der Waals surface area contributed by atoms with Gasteiger partial charge in [-0.25, -0.2) is 4.99 Å². The van der Waals surface area contributed by atoms with Crippen molar-refractivity contribution in [2.75, 3.05) is 25.9 Å². The number of dihydropyridines is 1. The van der Waals surface area contributed by atoms with Crippen LogP contribution in [0.2, 0.25) is 5.02 Å². The molecule has 0 radical (unpaired) electrons. The van der Waals surface area contributed by atoms with Gasteiger partial charge in [0.05, 0.1) is 22.9 Å². The van der Waals surface area contributed by atoms with Crippen LogP contribution in [0.15, 0.2) is 22.0 Å². The smallest absolute Gasteiger partial charge is 0.255 e. The van der Waals surface area contributed by atoms with Crippen LogP contribution in [-0.2, 0) is 4.79 Å². The van der Waals surface area contributed by atoms with Crippen molar-refractivity contribution in [3.63, 3.8) is 0 Å². The van der Waals surface area contributed by atoms with E-state index in [1.54, 1.807) is 13.0 Å². The van der Waals surface area contributed by atoms with Crippen LogP contribution in [0, 0.1) is 36.0 Å². The van der Waals surface area contributed by atoms with Crippen LogP contribution in [0.25, 0.3) is 0 Å². The number of carbonyl (C=O) groups is 2. The van der Waals surface area contributed by atoms with Gasteiger partial charge in [0.1, 0.15) is 0 Å². The third-order valence-corrected chi connectivity index (χ3v) is 9.48. The fraction of sp³-hybridized carbons (Fsp3) is 0.571. The van der Waals surface area contributed by atoms with Crippen LogP contribution in [0.1, 0.15) is 55.5 Å². The minimum absolute atomic E-state index is 0.152. The van der Waals surface area contributed by atoms with E-state index in [0.717, 1.165) is 43.7 Å². The molecule has 2 amide bonds. The van der Waals surface area contributed by atoms with E-state index < -0.39 is 11.7 Å². The lowest BCUT2D eigenvalue weighted by molar-refractivity contribution is -0.126. The first kappa shape index (κ1) is 27.0. The molecule has 0 spiro atoms. The highest BCUT2D eigenvalue weighted by Crippen LogP contribution is 2.52. The highest BCUT2D eigenvalue weighted by molar-refractivity contribution is 8.02. The molecule has 3 heterocycles. The zero-order chi connectivity index (χ0) is 27.2. The standard InChI is InChI=1S/C28H33ClN4O4S/c1-15-9-23(38-4)21(27(35)32-15)12-31-26(34)20-10-22(29)25-24(16(20)2)36-28(3,37-25)18-5-7-19(8-6-18)33-13-17(11-30)14-33/h9-10,17-19,21H,5-8,12-14H2,1-4H3,(H,31,34). The number of halogens is 1. The molecule has 2 atom stereocenters. The van der Waals surface area contributed by atoms with Gasteiger partial charge in [-0.1, -0.05) is 11.6 Å². The molecule has 0 bridgehead atoms. The summed E-state index contributed by atoms with van der Waals surface area (Å²) in [5, 5.41) is 12.3. The van der Waals surface area contributed by atoms with Gasteiger partial charge in [0.2, 0.25) is 0 Å². The van der Waals surface area contributed by atoms with Crippen molar-refractivity contribution < 1.29 is 19.1 Å². The third kappa shape index (κ3) is 4.94. The Morgan fingerprint density at radius 1 is 1.26 bits per heavy atom. The number of likely N-dealkylation sites (tertiary alicyclic amines) is 1. The number of amides is 2. The summed E-state index contributed by atoms with van der Waals surface area (Å²) in [7, 11) is 0. The predicted molar refractivity (Wildman–Crippen MR) is 148 cm³/mol. The Morgan fingerprint density at radius 3 is 2.61 bits per heavy atom. The number of aliphatic imine (C=N–C) groups is 1.